The number of hydrogen-bond donors (Lipinski definition) is 1. The molecule has 0 bridgehead atoms. The van der Waals surface area contributed by atoms with Crippen LogP contribution < -0.4 is 0 Å². The van der Waals surface area contributed by atoms with Crippen molar-refractivity contribution in [1.82, 2.24) is 0 Å². The van der Waals surface area contributed by atoms with E-state index < -0.39 is 70.2 Å². The second-order valence-electron chi connectivity index (χ2n) is 5.43. The largest absolute Gasteiger partial charge is 0.384 e. The fourth-order valence-electron chi connectivity index (χ4n) is 1.62. The molecule has 0 spiro atoms. The third-order valence-corrected chi connectivity index (χ3v) is 4.16. The molecule has 1 N–H and O–H groups in total. The van der Waals surface area contributed by atoms with E-state index in [2.05, 4.69) is 0 Å². The molecule has 0 aromatic heterocycles. The van der Waals surface area contributed by atoms with Crippen LogP contribution in [-0.4, -0.2) is 73.0 Å². The van der Waals surface area contributed by atoms with Crippen molar-refractivity contribution in [3.63, 3.8) is 0 Å². The summed E-state index contributed by atoms with van der Waals surface area (Å²) >= 11 is 0. The van der Waals surface area contributed by atoms with E-state index in [9.17, 15) is 78.7 Å². The zero-order valence-electron chi connectivity index (χ0n) is 13.1. The van der Waals surface area contributed by atoms with Gasteiger partial charge in [0, 0.05) is 0 Å². The summed E-state index contributed by atoms with van der Waals surface area (Å²) in [4.78, 5) is 0. The fraction of sp³-hybridized carbons (Fsp3) is 1.00. The molecular formula is C10H6F16O3S. The van der Waals surface area contributed by atoms with Gasteiger partial charge in [0.1, 0.15) is 0 Å². The highest BCUT2D eigenvalue weighted by Gasteiger charge is 2.89. The summed E-state index contributed by atoms with van der Waals surface area (Å²) in [5, 5.41) is 0. The molecule has 0 amide bonds. The molecule has 0 aromatic carbocycles. The average molecular weight is 510 g/mol. The highest BCUT2D eigenvalue weighted by atomic mass is 32.2. The molecule has 0 aliphatic rings. The Kier molecular flexibility index (Phi) is 7.72. The van der Waals surface area contributed by atoms with E-state index in [1.165, 1.54) is 0 Å². The molecule has 0 heterocycles. The zero-order chi connectivity index (χ0) is 24.9. The second kappa shape index (κ2) is 8.05. The first-order valence-electron chi connectivity index (χ1n) is 6.53. The number of rotatable bonds is 10. The number of hydrogen-bond acceptors (Lipinski definition) is 2. The first-order chi connectivity index (χ1) is 12.8. The maximum atomic E-state index is 13.3. The lowest BCUT2D eigenvalue weighted by atomic mass is 9.90. The van der Waals surface area contributed by atoms with Crippen molar-refractivity contribution < 1.29 is 83.2 Å². The molecule has 0 aromatic rings. The van der Waals surface area contributed by atoms with Crippen LogP contribution in [0.25, 0.3) is 0 Å². The summed E-state index contributed by atoms with van der Waals surface area (Å²) in [5.74, 6) is -39.9. The van der Waals surface area contributed by atoms with Crippen molar-refractivity contribution >= 4 is 10.1 Å². The van der Waals surface area contributed by atoms with Gasteiger partial charge in [-0.25, -0.2) is 26.3 Å². The van der Waals surface area contributed by atoms with Gasteiger partial charge in [0.05, 0.1) is 0 Å². The van der Waals surface area contributed by atoms with Gasteiger partial charge in [-0.3, -0.25) is 4.55 Å². The Morgan fingerprint density at radius 1 is 0.567 bits per heavy atom. The van der Waals surface area contributed by atoms with Gasteiger partial charge in [0.25, 0.3) is 11.9 Å². The van der Waals surface area contributed by atoms with Gasteiger partial charge < -0.3 is 0 Å². The molecule has 0 aliphatic carbocycles. The van der Waals surface area contributed by atoms with Crippen molar-refractivity contribution in [3.05, 3.63) is 0 Å². The maximum Gasteiger partial charge on any atom is 0.384 e. The Balaban J connectivity index is 6.46. The minimum absolute atomic E-state index is 4.70. The van der Waals surface area contributed by atoms with Gasteiger partial charge in [-0.15, -0.1) is 0 Å². The minimum atomic E-state index is -8.34. The molecule has 0 aliphatic heterocycles. The molecule has 4 atom stereocenters. The van der Waals surface area contributed by atoms with Gasteiger partial charge in [0.15, 0.2) is 12.3 Å². The van der Waals surface area contributed by atoms with Crippen LogP contribution in [0.5, 0.6) is 0 Å². The van der Waals surface area contributed by atoms with Crippen LogP contribution in [0.1, 0.15) is 0 Å². The molecule has 0 saturated carbocycles. The van der Waals surface area contributed by atoms with Gasteiger partial charge in [0.2, 0.25) is 6.17 Å². The van der Waals surface area contributed by atoms with Crippen LogP contribution in [0.4, 0.5) is 70.2 Å². The van der Waals surface area contributed by atoms with Crippen LogP contribution in [-0.2, 0) is 10.1 Å². The number of halogens is 16. The van der Waals surface area contributed by atoms with Crippen molar-refractivity contribution in [2.24, 2.45) is 0 Å². The molecule has 4 unspecified atom stereocenters. The predicted octanol–water partition coefficient (Wildman–Crippen LogP) is 4.63. The van der Waals surface area contributed by atoms with E-state index in [0.717, 1.165) is 0 Å². The van der Waals surface area contributed by atoms with Crippen LogP contribution in [0.15, 0.2) is 0 Å². The standard InChI is InChI=1S/C10H6F16O3S/c11-1(2(12)4(14)15)3(13)6(17,18)8(21,22)10(25,26)9(23,24)7(19,20)5(16)30(27,28)29/h1-5H,(H,27,28,29). The normalized spacial score (nSPS) is 19.5. The van der Waals surface area contributed by atoms with Gasteiger partial charge in [-0.2, -0.15) is 52.3 Å². The lowest BCUT2D eigenvalue weighted by Gasteiger charge is -2.40. The summed E-state index contributed by atoms with van der Waals surface area (Å²) in [6.45, 7) is 0. The Labute approximate surface area is 154 Å². The highest BCUT2D eigenvalue weighted by molar-refractivity contribution is 7.86. The fourth-order valence-corrected chi connectivity index (χ4v) is 2.14. The van der Waals surface area contributed by atoms with E-state index in [-0.39, 0.29) is 0 Å². The lowest BCUT2D eigenvalue weighted by molar-refractivity contribution is -0.412. The Bertz CT molecular complexity index is 706. The molecule has 3 nitrogen and oxygen atoms in total. The van der Waals surface area contributed by atoms with Crippen molar-refractivity contribution in [2.45, 2.75) is 60.1 Å². The summed E-state index contributed by atoms with van der Waals surface area (Å²) in [7, 11) is -7.06. The van der Waals surface area contributed by atoms with E-state index in [4.69, 9.17) is 4.55 Å². The van der Waals surface area contributed by atoms with Crippen LogP contribution in [0.2, 0.25) is 0 Å². The van der Waals surface area contributed by atoms with E-state index in [0.29, 0.717) is 0 Å². The summed E-state index contributed by atoms with van der Waals surface area (Å²) in [6, 6.07) is 0. The Hall–Kier alpha value is -1.21. The molecular weight excluding hydrogens is 504 g/mol. The smallest absolute Gasteiger partial charge is 0.283 e. The molecule has 182 valence electrons. The highest BCUT2D eigenvalue weighted by Crippen LogP contribution is 2.59. The van der Waals surface area contributed by atoms with Crippen molar-refractivity contribution in [2.75, 3.05) is 0 Å². The summed E-state index contributed by atoms with van der Waals surface area (Å²) in [6.07, 6.45) is -20.3. The molecule has 0 saturated heterocycles. The zero-order valence-corrected chi connectivity index (χ0v) is 13.9. The van der Waals surface area contributed by atoms with E-state index in [1.54, 1.807) is 0 Å². The third kappa shape index (κ3) is 4.24. The topological polar surface area (TPSA) is 54.4 Å². The third-order valence-electron chi connectivity index (χ3n) is 3.34. The van der Waals surface area contributed by atoms with Crippen LogP contribution in [0.3, 0.4) is 0 Å². The molecule has 0 fully saturated rings. The quantitative estimate of drug-likeness (QED) is 0.345. The Morgan fingerprint density at radius 2 is 0.900 bits per heavy atom. The van der Waals surface area contributed by atoms with E-state index >= 15 is 0 Å². The molecule has 30 heavy (non-hydrogen) atoms. The van der Waals surface area contributed by atoms with E-state index in [1.807, 2.05) is 0 Å². The van der Waals surface area contributed by atoms with Gasteiger partial charge >= 0.3 is 39.7 Å². The second-order valence-corrected chi connectivity index (χ2v) is 6.87. The van der Waals surface area contributed by atoms with Crippen molar-refractivity contribution in [1.29, 1.82) is 0 Å². The van der Waals surface area contributed by atoms with Crippen LogP contribution in [0, 0.1) is 0 Å². The average Bonchev–Trinajstić information content (AvgIpc) is 2.57. The van der Waals surface area contributed by atoms with Crippen molar-refractivity contribution in [3.8, 4) is 0 Å². The first-order valence-corrected chi connectivity index (χ1v) is 8.03. The van der Waals surface area contributed by atoms with Gasteiger partial charge in [-0.1, -0.05) is 0 Å². The monoisotopic (exact) mass is 510 g/mol. The Morgan fingerprint density at radius 3 is 1.20 bits per heavy atom. The lowest BCUT2D eigenvalue weighted by Crippen LogP contribution is -2.71. The minimum Gasteiger partial charge on any atom is -0.283 e. The first kappa shape index (κ1) is 28.8. The maximum absolute atomic E-state index is 13.3. The SMILES string of the molecule is O=S(=O)(O)C(F)C(F)(F)C(F)(F)C(F)(F)C(F)(F)C(F)(F)C(F)C(F)C(F)C(F)F. The number of alkyl halides is 16. The summed E-state index contributed by atoms with van der Waals surface area (Å²) in [5.41, 5.74) is -5.82. The molecule has 0 radical (unpaired) electrons. The molecule has 20 heteroatoms. The predicted molar refractivity (Wildman–Crippen MR) is 61.9 cm³/mol. The molecule has 0 rings (SSSR count). The summed E-state index contributed by atoms with van der Waals surface area (Å²) < 4.78 is 235. The van der Waals surface area contributed by atoms with Crippen LogP contribution >= 0.6 is 0 Å². The van der Waals surface area contributed by atoms with Gasteiger partial charge in [-0.05, 0) is 0 Å².